The summed E-state index contributed by atoms with van der Waals surface area (Å²) in [5.41, 5.74) is 1.46. The van der Waals surface area contributed by atoms with E-state index >= 15 is 0 Å². The van der Waals surface area contributed by atoms with E-state index in [0.29, 0.717) is 22.6 Å². The number of carbonyl (C=O) groups is 3. The van der Waals surface area contributed by atoms with E-state index in [2.05, 4.69) is 43.8 Å². The highest BCUT2D eigenvalue weighted by molar-refractivity contribution is 14.1. The highest BCUT2D eigenvalue weighted by Gasteiger charge is 2.36. The second-order valence-electron chi connectivity index (χ2n) is 7.04. The Kier molecular flexibility index (Phi) is 6.89. The largest absolute Gasteiger partial charge is 0.488 e. The number of imide groups is 2. The SMILES string of the molecule is O=C1NC(=O)N(c2ccc(Br)cc2)C(=O)/C1=C/c1ccc(OCc2cccc(F)c2)c(I)c1. The van der Waals surface area contributed by atoms with Gasteiger partial charge in [0, 0.05) is 4.47 Å². The van der Waals surface area contributed by atoms with Gasteiger partial charge in [0.15, 0.2) is 0 Å². The van der Waals surface area contributed by atoms with Crippen LogP contribution in [0, 0.1) is 9.39 Å². The number of rotatable bonds is 5. The van der Waals surface area contributed by atoms with Crippen LogP contribution in [0.1, 0.15) is 11.1 Å². The number of amides is 4. The third kappa shape index (κ3) is 5.31. The zero-order valence-corrected chi connectivity index (χ0v) is 20.6. The quantitative estimate of drug-likeness (QED) is 0.234. The first kappa shape index (κ1) is 23.1. The van der Waals surface area contributed by atoms with Crippen molar-refractivity contribution in [1.29, 1.82) is 0 Å². The van der Waals surface area contributed by atoms with Gasteiger partial charge < -0.3 is 4.74 Å². The van der Waals surface area contributed by atoms with E-state index in [4.69, 9.17) is 4.74 Å². The van der Waals surface area contributed by atoms with Gasteiger partial charge in [-0.1, -0.05) is 34.1 Å². The first-order valence-electron chi connectivity index (χ1n) is 9.65. The maximum absolute atomic E-state index is 13.3. The van der Waals surface area contributed by atoms with Crippen LogP contribution in [0.2, 0.25) is 0 Å². The Morgan fingerprint density at radius 2 is 1.79 bits per heavy atom. The maximum Gasteiger partial charge on any atom is 0.335 e. The number of benzene rings is 3. The number of carbonyl (C=O) groups excluding carboxylic acids is 3. The van der Waals surface area contributed by atoms with Crippen molar-refractivity contribution < 1.29 is 23.5 Å². The molecule has 1 aliphatic rings. The summed E-state index contributed by atoms with van der Waals surface area (Å²) in [5, 5.41) is 2.20. The smallest absolute Gasteiger partial charge is 0.335 e. The van der Waals surface area contributed by atoms with Crippen LogP contribution in [0.15, 0.2) is 76.8 Å². The summed E-state index contributed by atoms with van der Waals surface area (Å²) in [7, 11) is 0. The first-order valence-corrected chi connectivity index (χ1v) is 11.5. The summed E-state index contributed by atoms with van der Waals surface area (Å²) in [5.74, 6) is -1.24. The van der Waals surface area contributed by atoms with E-state index in [1.165, 1.54) is 18.2 Å². The predicted molar refractivity (Wildman–Crippen MR) is 133 cm³/mol. The van der Waals surface area contributed by atoms with Crippen molar-refractivity contribution in [3.63, 3.8) is 0 Å². The molecule has 6 nitrogen and oxygen atoms in total. The van der Waals surface area contributed by atoms with Gasteiger partial charge in [0.05, 0.1) is 9.26 Å². The topological polar surface area (TPSA) is 75.7 Å². The minimum Gasteiger partial charge on any atom is -0.488 e. The van der Waals surface area contributed by atoms with Crippen LogP contribution in [-0.4, -0.2) is 17.8 Å². The van der Waals surface area contributed by atoms with Crippen molar-refractivity contribution in [2.45, 2.75) is 6.61 Å². The lowest BCUT2D eigenvalue weighted by Crippen LogP contribution is -2.54. The van der Waals surface area contributed by atoms with Gasteiger partial charge in [-0.25, -0.2) is 14.1 Å². The van der Waals surface area contributed by atoms with E-state index in [1.54, 1.807) is 54.6 Å². The van der Waals surface area contributed by atoms with Gasteiger partial charge in [-0.05, 0) is 88.3 Å². The molecular formula is C24H15BrFIN2O4. The molecule has 9 heteroatoms. The number of nitrogens with one attached hydrogen (secondary N) is 1. The zero-order chi connectivity index (χ0) is 23.5. The van der Waals surface area contributed by atoms with Crippen LogP contribution in [0.4, 0.5) is 14.9 Å². The van der Waals surface area contributed by atoms with Crippen LogP contribution < -0.4 is 15.0 Å². The van der Waals surface area contributed by atoms with Gasteiger partial charge in [-0.2, -0.15) is 0 Å². The molecule has 0 radical (unpaired) electrons. The van der Waals surface area contributed by atoms with Crippen LogP contribution in [0.5, 0.6) is 5.75 Å². The number of nitrogens with zero attached hydrogens (tertiary/aromatic N) is 1. The second kappa shape index (κ2) is 9.84. The molecule has 0 bridgehead atoms. The molecule has 0 saturated carbocycles. The first-order chi connectivity index (χ1) is 15.8. The third-order valence-corrected chi connectivity index (χ3v) is 6.11. The molecule has 166 valence electrons. The van der Waals surface area contributed by atoms with Crippen LogP contribution in [-0.2, 0) is 16.2 Å². The molecule has 1 heterocycles. The Labute approximate surface area is 210 Å². The molecule has 0 atom stereocenters. The second-order valence-corrected chi connectivity index (χ2v) is 9.12. The lowest BCUT2D eigenvalue weighted by atomic mass is 10.1. The van der Waals surface area contributed by atoms with Crippen molar-refractivity contribution in [3.8, 4) is 5.75 Å². The van der Waals surface area contributed by atoms with Gasteiger partial charge in [0.25, 0.3) is 11.8 Å². The van der Waals surface area contributed by atoms with Crippen molar-refractivity contribution in [2.24, 2.45) is 0 Å². The summed E-state index contributed by atoms with van der Waals surface area (Å²) >= 11 is 5.39. The Hall–Kier alpha value is -3.05. The zero-order valence-electron chi connectivity index (χ0n) is 16.8. The molecule has 1 aliphatic heterocycles. The molecule has 1 fully saturated rings. The summed E-state index contributed by atoms with van der Waals surface area (Å²) in [6.07, 6.45) is 1.43. The molecule has 3 aromatic carbocycles. The van der Waals surface area contributed by atoms with E-state index in [9.17, 15) is 18.8 Å². The minimum atomic E-state index is -0.805. The van der Waals surface area contributed by atoms with Gasteiger partial charge in [-0.15, -0.1) is 0 Å². The molecule has 4 rings (SSSR count). The average molecular weight is 621 g/mol. The molecule has 0 unspecified atom stereocenters. The fourth-order valence-corrected chi connectivity index (χ4v) is 4.12. The molecular weight excluding hydrogens is 606 g/mol. The molecule has 0 aliphatic carbocycles. The number of halogens is 3. The Bertz CT molecular complexity index is 1290. The van der Waals surface area contributed by atoms with Gasteiger partial charge in [0.2, 0.25) is 0 Å². The number of hydrogen-bond acceptors (Lipinski definition) is 4. The Morgan fingerprint density at radius 3 is 2.48 bits per heavy atom. The number of urea groups is 1. The number of ether oxygens (including phenoxy) is 1. The molecule has 0 spiro atoms. The van der Waals surface area contributed by atoms with Crippen LogP contribution in [0.3, 0.4) is 0 Å². The Balaban J connectivity index is 1.56. The molecule has 1 saturated heterocycles. The fourth-order valence-electron chi connectivity index (χ4n) is 3.16. The van der Waals surface area contributed by atoms with Gasteiger partial charge in [-0.3, -0.25) is 14.9 Å². The summed E-state index contributed by atoms with van der Waals surface area (Å²) < 4.78 is 20.6. The molecule has 4 amide bonds. The minimum absolute atomic E-state index is 0.165. The normalized spacial score (nSPS) is 15.1. The van der Waals surface area contributed by atoms with E-state index in [-0.39, 0.29) is 18.0 Å². The number of anilines is 1. The molecule has 0 aromatic heterocycles. The van der Waals surface area contributed by atoms with Crippen LogP contribution >= 0.6 is 38.5 Å². The van der Waals surface area contributed by atoms with Crippen molar-refractivity contribution in [3.05, 3.63) is 97.3 Å². The monoisotopic (exact) mass is 620 g/mol. The van der Waals surface area contributed by atoms with Crippen molar-refractivity contribution in [2.75, 3.05) is 4.90 Å². The molecule has 1 N–H and O–H groups in total. The van der Waals surface area contributed by atoms with E-state index in [1.807, 2.05) is 0 Å². The summed E-state index contributed by atoms with van der Waals surface area (Å²) in [6.45, 7) is 0.194. The fraction of sp³-hybridized carbons (Fsp3) is 0.0417. The molecule has 3 aromatic rings. The summed E-state index contributed by atoms with van der Waals surface area (Å²) in [4.78, 5) is 38.6. The standard InChI is InChI=1S/C24H15BrFIN2O4/c25-16-5-7-18(8-6-16)29-23(31)19(22(30)28-24(29)32)11-14-4-9-21(20(27)12-14)33-13-15-2-1-3-17(26)10-15/h1-12H,13H2,(H,28,30,32)/b19-11+. The van der Waals surface area contributed by atoms with Crippen molar-refractivity contribution >= 4 is 68.1 Å². The maximum atomic E-state index is 13.3. The lowest BCUT2D eigenvalue weighted by molar-refractivity contribution is -0.122. The average Bonchev–Trinajstić information content (AvgIpc) is 2.77. The number of hydrogen-bond donors (Lipinski definition) is 1. The van der Waals surface area contributed by atoms with Gasteiger partial charge >= 0.3 is 6.03 Å². The Morgan fingerprint density at radius 1 is 1.03 bits per heavy atom. The predicted octanol–water partition coefficient (Wildman–Crippen LogP) is 5.44. The van der Waals surface area contributed by atoms with E-state index in [0.717, 1.165) is 12.9 Å². The highest BCUT2D eigenvalue weighted by atomic mass is 127. The number of barbiturate groups is 1. The molecule has 33 heavy (non-hydrogen) atoms. The van der Waals surface area contributed by atoms with Crippen LogP contribution in [0.25, 0.3) is 6.08 Å². The van der Waals surface area contributed by atoms with Crippen molar-refractivity contribution in [1.82, 2.24) is 5.32 Å². The summed E-state index contributed by atoms with van der Waals surface area (Å²) in [6, 6.07) is 17.1. The van der Waals surface area contributed by atoms with E-state index < -0.39 is 17.8 Å². The third-order valence-electron chi connectivity index (χ3n) is 4.74. The lowest BCUT2D eigenvalue weighted by Gasteiger charge is -2.26. The van der Waals surface area contributed by atoms with Gasteiger partial charge in [0.1, 0.15) is 23.7 Å². The highest BCUT2D eigenvalue weighted by Crippen LogP contribution is 2.27.